The maximum atomic E-state index is 12.8. The molecule has 0 aliphatic heterocycles. The van der Waals surface area contributed by atoms with Crippen LogP contribution >= 0.6 is 0 Å². The van der Waals surface area contributed by atoms with Crippen LogP contribution in [-0.2, 0) is 6.42 Å². The average molecular weight is 270 g/mol. The van der Waals surface area contributed by atoms with Crippen molar-refractivity contribution in [2.24, 2.45) is 0 Å². The van der Waals surface area contributed by atoms with E-state index in [2.05, 4.69) is 4.98 Å². The molecular formula is C15H11FN2O2. The molecule has 0 bridgehead atoms. The molecule has 0 saturated heterocycles. The predicted octanol–water partition coefficient (Wildman–Crippen LogP) is 2.76. The smallest absolute Gasteiger partial charge is 0.352 e. The van der Waals surface area contributed by atoms with Crippen molar-refractivity contribution in [3.63, 3.8) is 0 Å². The molecule has 0 fully saturated rings. The van der Waals surface area contributed by atoms with Crippen LogP contribution in [0.3, 0.4) is 0 Å². The number of aromatic carboxylic acids is 1. The van der Waals surface area contributed by atoms with Gasteiger partial charge in [-0.3, -0.25) is 4.40 Å². The number of benzene rings is 1. The monoisotopic (exact) mass is 270 g/mol. The van der Waals surface area contributed by atoms with E-state index in [1.807, 2.05) is 0 Å². The van der Waals surface area contributed by atoms with Crippen molar-refractivity contribution in [3.8, 4) is 0 Å². The van der Waals surface area contributed by atoms with Crippen LogP contribution < -0.4 is 0 Å². The molecule has 20 heavy (non-hydrogen) atoms. The zero-order chi connectivity index (χ0) is 14.1. The van der Waals surface area contributed by atoms with Gasteiger partial charge in [-0.25, -0.2) is 14.2 Å². The number of hydrogen-bond donors (Lipinski definition) is 1. The Bertz CT molecular complexity index is 778. The van der Waals surface area contributed by atoms with Crippen LogP contribution in [0.4, 0.5) is 4.39 Å². The quantitative estimate of drug-likeness (QED) is 0.796. The van der Waals surface area contributed by atoms with Gasteiger partial charge in [-0.05, 0) is 29.8 Å². The Kier molecular flexibility index (Phi) is 2.95. The third kappa shape index (κ3) is 2.25. The number of imidazole rings is 1. The number of carboxylic acid groups (broad SMARTS) is 1. The molecular weight excluding hydrogens is 259 g/mol. The van der Waals surface area contributed by atoms with Gasteiger partial charge >= 0.3 is 5.97 Å². The van der Waals surface area contributed by atoms with Gasteiger partial charge in [-0.1, -0.05) is 18.2 Å². The first-order chi connectivity index (χ1) is 9.63. The van der Waals surface area contributed by atoms with Gasteiger partial charge in [0.05, 0.1) is 5.69 Å². The fraction of sp³-hybridized carbons (Fsp3) is 0.0667. The van der Waals surface area contributed by atoms with E-state index < -0.39 is 5.97 Å². The molecule has 0 unspecified atom stereocenters. The van der Waals surface area contributed by atoms with E-state index in [-0.39, 0.29) is 11.5 Å². The molecule has 2 heterocycles. The summed E-state index contributed by atoms with van der Waals surface area (Å²) < 4.78 is 14.4. The van der Waals surface area contributed by atoms with Gasteiger partial charge < -0.3 is 5.11 Å². The van der Waals surface area contributed by atoms with Crippen LogP contribution in [0.5, 0.6) is 0 Å². The minimum Gasteiger partial charge on any atom is -0.477 e. The Morgan fingerprint density at radius 3 is 2.65 bits per heavy atom. The van der Waals surface area contributed by atoms with Gasteiger partial charge in [-0.2, -0.15) is 0 Å². The second-order valence-electron chi connectivity index (χ2n) is 4.48. The summed E-state index contributed by atoms with van der Waals surface area (Å²) in [6.45, 7) is 0. The molecule has 3 aromatic rings. The highest BCUT2D eigenvalue weighted by Gasteiger charge is 2.10. The molecule has 1 N–H and O–H groups in total. The maximum absolute atomic E-state index is 12.8. The number of fused-ring (bicyclic) bond motifs is 1. The van der Waals surface area contributed by atoms with Crippen LogP contribution in [-0.4, -0.2) is 20.5 Å². The number of aromatic nitrogens is 2. The zero-order valence-electron chi connectivity index (χ0n) is 10.5. The summed E-state index contributed by atoms with van der Waals surface area (Å²) in [6.07, 6.45) is 2.23. The Morgan fingerprint density at radius 2 is 1.95 bits per heavy atom. The molecule has 0 aliphatic carbocycles. The Balaban J connectivity index is 1.99. The maximum Gasteiger partial charge on any atom is 0.352 e. The summed E-state index contributed by atoms with van der Waals surface area (Å²) in [4.78, 5) is 15.5. The summed E-state index contributed by atoms with van der Waals surface area (Å²) in [5.41, 5.74) is 2.42. The fourth-order valence-electron chi connectivity index (χ4n) is 2.13. The van der Waals surface area contributed by atoms with Crippen molar-refractivity contribution in [2.75, 3.05) is 0 Å². The standard InChI is InChI=1S/C15H11FN2O2/c16-11-6-4-10(5-7-11)8-12-9-18-13(15(19)20)2-1-3-14(18)17-12/h1-7,9H,8H2,(H,19,20). The third-order valence-corrected chi connectivity index (χ3v) is 3.06. The number of pyridine rings is 1. The van der Waals surface area contributed by atoms with Crippen molar-refractivity contribution in [1.82, 2.24) is 9.38 Å². The summed E-state index contributed by atoms with van der Waals surface area (Å²) >= 11 is 0. The Labute approximate surface area is 114 Å². The molecule has 0 amide bonds. The Morgan fingerprint density at radius 1 is 1.20 bits per heavy atom. The zero-order valence-corrected chi connectivity index (χ0v) is 10.5. The van der Waals surface area contributed by atoms with E-state index in [1.54, 1.807) is 34.9 Å². The van der Waals surface area contributed by atoms with Crippen molar-refractivity contribution in [3.05, 3.63) is 71.4 Å². The minimum absolute atomic E-state index is 0.167. The SMILES string of the molecule is O=C(O)c1cccc2nc(Cc3ccc(F)cc3)cn12. The molecule has 3 rings (SSSR count). The number of nitrogens with zero attached hydrogens (tertiary/aromatic N) is 2. The molecule has 0 aliphatic rings. The molecule has 0 spiro atoms. The molecule has 2 aromatic heterocycles. The molecule has 5 heteroatoms. The van der Waals surface area contributed by atoms with Gasteiger partial charge in [0, 0.05) is 12.6 Å². The summed E-state index contributed by atoms with van der Waals surface area (Å²) in [7, 11) is 0. The van der Waals surface area contributed by atoms with Crippen molar-refractivity contribution in [1.29, 1.82) is 0 Å². The topological polar surface area (TPSA) is 54.6 Å². The van der Waals surface area contributed by atoms with E-state index in [0.29, 0.717) is 12.1 Å². The van der Waals surface area contributed by atoms with Crippen LogP contribution in [0.15, 0.2) is 48.7 Å². The number of halogens is 1. The highest BCUT2D eigenvalue weighted by molar-refractivity contribution is 5.86. The minimum atomic E-state index is -0.999. The summed E-state index contributed by atoms with van der Waals surface area (Å²) in [6, 6.07) is 11.1. The summed E-state index contributed by atoms with van der Waals surface area (Å²) in [5.74, 6) is -1.28. The van der Waals surface area contributed by atoms with E-state index >= 15 is 0 Å². The lowest BCUT2D eigenvalue weighted by Gasteiger charge is -1.98. The van der Waals surface area contributed by atoms with Crippen molar-refractivity contribution in [2.45, 2.75) is 6.42 Å². The largest absolute Gasteiger partial charge is 0.477 e. The second-order valence-corrected chi connectivity index (χ2v) is 4.48. The van der Waals surface area contributed by atoms with Gasteiger partial charge in [-0.15, -0.1) is 0 Å². The molecule has 0 saturated carbocycles. The summed E-state index contributed by atoms with van der Waals surface area (Å²) in [5, 5.41) is 9.12. The van der Waals surface area contributed by atoms with Gasteiger partial charge in [0.15, 0.2) is 0 Å². The normalized spacial score (nSPS) is 10.8. The highest BCUT2D eigenvalue weighted by atomic mass is 19.1. The molecule has 100 valence electrons. The number of rotatable bonds is 3. The van der Waals surface area contributed by atoms with Crippen molar-refractivity contribution >= 4 is 11.6 Å². The Hall–Kier alpha value is -2.69. The van der Waals surface area contributed by atoms with Crippen LogP contribution in [0, 0.1) is 5.82 Å². The average Bonchev–Trinajstić information content (AvgIpc) is 2.83. The molecule has 4 nitrogen and oxygen atoms in total. The van der Waals surface area contributed by atoms with E-state index in [4.69, 9.17) is 5.11 Å². The lowest BCUT2D eigenvalue weighted by molar-refractivity contribution is 0.0689. The first-order valence-corrected chi connectivity index (χ1v) is 6.08. The lowest BCUT2D eigenvalue weighted by atomic mass is 10.1. The third-order valence-electron chi connectivity index (χ3n) is 3.06. The fourth-order valence-corrected chi connectivity index (χ4v) is 2.13. The predicted molar refractivity (Wildman–Crippen MR) is 71.4 cm³/mol. The van der Waals surface area contributed by atoms with E-state index in [0.717, 1.165) is 11.3 Å². The first-order valence-electron chi connectivity index (χ1n) is 6.08. The second kappa shape index (κ2) is 4.77. The number of carboxylic acids is 1. The highest BCUT2D eigenvalue weighted by Crippen LogP contribution is 2.13. The van der Waals surface area contributed by atoms with Gasteiger partial charge in [0.25, 0.3) is 0 Å². The van der Waals surface area contributed by atoms with Crippen LogP contribution in [0.25, 0.3) is 5.65 Å². The molecule has 0 radical (unpaired) electrons. The first kappa shape index (κ1) is 12.3. The molecule has 1 aromatic carbocycles. The molecule has 0 atom stereocenters. The van der Waals surface area contributed by atoms with Gasteiger partial charge in [0.1, 0.15) is 17.2 Å². The number of carbonyl (C=O) groups is 1. The number of hydrogen-bond acceptors (Lipinski definition) is 2. The lowest BCUT2D eigenvalue weighted by Crippen LogP contribution is -2.03. The van der Waals surface area contributed by atoms with Gasteiger partial charge in [0.2, 0.25) is 0 Å². The van der Waals surface area contributed by atoms with Crippen molar-refractivity contribution < 1.29 is 14.3 Å². The van der Waals surface area contributed by atoms with Crippen LogP contribution in [0.1, 0.15) is 21.7 Å². The van der Waals surface area contributed by atoms with E-state index in [1.165, 1.54) is 18.2 Å². The van der Waals surface area contributed by atoms with Crippen LogP contribution in [0.2, 0.25) is 0 Å². The van der Waals surface area contributed by atoms with E-state index in [9.17, 15) is 9.18 Å².